The second-order valence-corrected chi connectivity index (χ2v) is 3.99. The van der Waals surface area contributed by atoms with Crippen molar-refractivity contribution in [2.45, 2.75) is 19.4 Å². The summed E-state index contributed by atoms with van der Waals surface area (Å²) in [5, 5.41) is 0. The summed E-state index contributed by atoms with van der Waals surface area (Å²) < 4.78 is 51.6. The molecule has 17 heavy (non-hydrogen) atoms. The van der Waals surface area contributed by atoms with Crippen molar-refractivity contribution < 1.29 is 19.3 Å². The van der Waals surface area contributed by atoms with Crippen LogP contribution in [-0.4, -0.2) is 24.7 Å². The average Bonchev–Trinajstić information content (AvgIpc) is 2.71. The molecule has 1 atom stereocenters. The van der Waals surface area contributed by atoms with Crippen LogP contribution in [0, 0.1) is 17.5 Å². The monoisotopic (exact) mass is 247 g/mol. The first-order chi connectivity index (χ1) is 8.56. The van der Waals surface area contributed by atoms with Crippen LogP contribution in [0.2, 0.25) is 0 Å². The molecular formula is C12H14F3NO. The summed E-state index contributed by atoms with van der Waals surface area (Å²) in [6.45, 7) is 1.56. The molecule has 1 saturated heterocycles. The van der Waals surface area contributed by atoms with Gasteiger partial charge in [-0.2, -0.15) is 0 Å². The zero-order chi connectivity index (χ0) is 13.1. The topological polar surface area (TPSA) is 12.5 Å². The molecule has 5 heteroatoms. The third-order valence-corrected chi connectivity index (χ3v) is 2.66. The van der Waals surface area contributed by atoms with E-state index >= 15 is 0 Å². The maximum atomic E-state index is 13.3. The van der Waals surface area contributed by atoms with Gasteiger partial charge in [0.05, 0.1) is 13.3 Å². The molecule has 1 aromatic carbocycles. The minimum absolute atomic E-state index is 0.00415. The second kappa shape index (κ2) is 5.51. The molecule has 1 heterocycles. The number of halogens is 3. The highest BCUT2D eigenvalue weighted by molar-refractivity contribution is 5.19. The Morgan fingerprint density at radius 3 is 2.65 bits per heavy atom. The lowest BCUT2D eigenvalue weighted by molar-refractivity contribution is 0.0298. The highest BCUT2D eigenvalue weighted by Gasteiger charge is 2.13. The first-order valence-corrected chi connectivity index (χ1v) is 5.42. The number of ether oxygens (including phenoxy) is 1. The molecule has 0 aliphatic carbocycles. The lowest BCUT2D eigenvalue weighted by atomic mass is 10.2. The van der Waals surface area contributed by atoms with Crippen molar-refractivity contribution in [3.63, 3.8) is 0 Å². The van der Waals surface area contributed by atoms with Crippen LogP contribution >= 0.6 is 0 Å². The molecule has 2 rings (SSSR count). The molecule has 1 fully saturated rings. The van der Waals surface area contributed by atoms with Crippen molar-refractivity contribution in [3.05, 3.63) is 35.1 Å². The Labute approximate surface area is 99.4 Å². The summed E-state index contributed by atoms with van der Waals surface area (Å²) in [4.78, 5) is 1.93. The van der Waals surface area contributed by atoms with Crippen LogP contribution in [0.25, 0.3) is 0 Å². The highest BCUT2D eigenvalue weighted by atomic mass is 19.2. The maximum Gasteiger partial charge on any atom is 0.161 e. The van der Waals surface area contributed by atoms with Gasteiger partial charge in [0.15, 0.2) is 11.6 Å². The molecule has 1 aliphatic rings. The van der Waals surface area contributed by atoms with Crippen LogP contribution in [0.3, 0.4) is 0 Å². The van der Waals surface area contributed by atoms with Gasteiger partial charge in [-0.3, -0.25) is 4.90 Å². The smallest absolute Gasteiger partial charge is 0.161 e. The second-order valence-electron chi connectivity index (χ2n) is 3.99. The van der Waals surface area contributed by atoms with Crippen LogP contribution < -0.4 is 0 Å². The molecule has 0 spiro atoms. The Kier molecular flexibility index (Phi) is 3.58. The highest BCUT2D eigenvalue weighted by Crippen LogP contribution is 2.15. The van der Waals surface area contributed by atoms with Crippen molar-refractivity contribution in [1.82, 2.24) is 4.90 Å². The van der Waals surface area contributed by atoms with E-state index in [1.165, 1.54) is 0 Å². The van der Waals surface area contributed by atoms with Gasteiger partial charge < -0.3 is 4.74 Å². The van der Waals surface area contributed by atoms with Crippen LogP contribution in [-0.2, 0) is 11.3 Å². The summed E-state index contributed by atoms with van der Waals surface area (Å²) in [6, 6.07) is 1.33. The van der Waals surface area contributed by atoms with Crippen LogP contribution in [0.5, 0.6) is 0 Å². The Morgan fingerprint density at radius 2 is 1.94 bits per heavy atom. The third kappa shape index (κ3) is 3.20. The van der Waals surface area contributed by atoms with Gasteiger partial charge in [0.1, 0.15) is 5.82 Å². The average molecular weight is 247 g/mol. The fraction of sp³-hybridized carbons (Fsp3) is 0.500. The Balaban J connectivity index is 1.85. The summed E-state index contributed by atoms with van der Waals surface area (Å²) in [7, 11) is 0. The zero-order valence-corrected chi connectivity index (χ0v) is 9.26. The molecule has 0 N–H and O–H groups in total. The molecule has 2 nitrogen and oxygen atoms in total. The van der Waals surface area contributed by atoms with Gasteiger partial charge in [-0.15, -0.1) is 0 Å². The summed E-state index contributed by atoms with van der Waals surface area (Å²) in [5.74, 6) is -3.09. The molecule has 0 radical (unpaired) electrons. The van der Waals surface area contributed by atoms with E-state index in [9.17, 15) is 13.2 Å². The molecule has 94 valence electrons. The van der Waals surface area contributed by atoms with E-state index in [0.717, 1.165) is 19.0 Å². The van der Waals surface area contributed by atoms with E-state index in [-0.39, 0.29) is 25.3 Å². The van der Waals surface area contributed by atoms with Crippen LogP contribution in [0.15, 0.2) is 12.1 Å². The van der Waals surface area contributed by atoms with Crippen LogP contribution in [0.1, 0.15) is 19.8 Å². The van der Waals surface area contributed by atoms with Crippen molar-refractivity contribution in [2.24, 2.45) is 0 Å². The predicted octanol–water partition coefficient (Wildman–Crippen LogP) is 2.67. The maximum absolute atomic E-state index is 13.3. The molecular weight excluding hydrogens is 231 g/mol. The molecule has 0 bridgehead atoms. The van der Waals surface area contributed by atoms with Gasteiger partial charge in [0.25, 0.3) is 0 Å². The predicted molar refractivity (Wildman–Crippen MR) is 56.8 cm³/mol. The first-order valence-electron chi connectivity index (χ1n) is 6.00. The molecule has 0 aromatic heterocycles. The van der Waals surface area contributed by atoms with Gasteiger partial charge in [0, 0.05) is 26.1 Å². The van der Waals surface area contributed by atoms with E-state index in [1.54, 1.807) is 0 Å². The molecule has 1 aromatic rings. The van der Waals surface area contributed by atoms with Gasteiger partial charge in [-0.05, 0) is 18.9 Å². The lowest BCUT2D eigenvalue weighted by Gasteiger charge is -2.14. The number of benzene rings is 1. The quantitative estimate of drug-likeness (QED) is 0.758. The lowest BCUT2D eigenvalue weighted by Crippen LogP contribution is -2.22. The number of hydrogen-bond donors (Lipinski definition) is 0. The Morgan fingerprint density at radius 1 is 1.18 bits per heavy atom. The fourth-order valence-electron chi connectivity index (χ4n) is 1.72. The number of hydrogen-bond acceptors (Lipinski definition) is 2. The normalized spacial score (nSPS) is 21.8. The zero-order valence-electron chi connectivity index (χ0n) is 10.3. The summed E-state index contributed by atoms with van der Waals surface area (Å²) in [5.41, 5.74) is -0.00415. The van der Waals surface area contributed by atoms with Crippen molar-refractivity contribution in [3.8, 4) is 0 Å². The SMILES string of the molecule is [3H]C1CCN(COCc2cc(F)c(F)cc2F)C1. The minimum atomic E-state index is -1.20. The minimum Gasteiger partial charge on any atom is -0.361 e. The largest absolute Gasteiger partial charge is 0.361 e. The van der Waals surface area contributed by atoms with Gasteiger partial charge in [-0.25, -0.2) is 13.2 Å². The van der Waals surface area contributed by atoms with E-state index in [4.69, 9.17) is 6.11 Å². The third-order valence-electron chi connectivity index (χ3n) is 2.66. The van der Waals surface area contributed by atoms with Gasteiger partial charge >= 0.3 is 0 Å². The fourth-order valence-corrected chi connectivity index (χ4v) is 1.72. The molecule has 0 saturated carbocycles. The standard InChI is InChI=1S/C12H14F3NO/c13-10-6-12(15)11(14)5-9(10)7-17-8-16-3-1-2-4-16/h5-6H,1-4,7-8H2/i1T. The van der Waals surface area contributed by atoms with Gasteiger partial charge in [0.2, 0.25) is 0 Å². The van der Waals surface area contributed by atoms with Crippen molar-refractivity contribution >= 4 is 0 Å². The van der Waals surface area contributed by atoms with Crippen molar-refractivity contribution in [2.75, 3.05) is 19.8 Å². The molecule has 1 aliphatic heterocycles. The van der Waals surface area contributed by atoms with Gasteiger partial charge in [-0.1, -0.05) is 0 Å². The summed E-state index contributed by atoms with van der Waals surface area (Å²) in [6.07, 6.45) is 0.691. The number of rotatable bonds is 4. The molecule has 0 amide bonds. The number of nitrogens with zero attached hydrogens (tertiary/aromatic N) is 1. The van der Waals surface area contributed by atoms with E-state index < -0.39 is 17.5 Å². The Bertz CT molecular complexity index is 430. The first kappa shape index (κ1) is 11.0. The van der Waals surface area contributed by atoms with Crippen LogP contribution in [0.4, 0.5) is 13.2 Å². The summed E-state index contributed by atoms with van der Waals surface area (Å²) >= 11 is 0. The van der Waals surface area contributed by atoms with E-state index in [1.807, 2.05) is 4.90 Å². The molecule has 1 unspecified atom stereocenters. The Hall–Kier alpha value is -1.07. The van der Waals surface area contributed by atoms with E-state index in [2.05, 4.69) is 0 Å². The van der Waals surface area contributed by atoms with E-state index in [0.29, 0.717) is 12.6 Å². The number of likely N-dealkylation sites (tertiary alicyclic amines) is 1. The van der Waals surface area contributed by atoms with Crippen molar-refractivity contribution in [1.29, 1.82) is 0 Å².